The first-order valence-electron chi connectivity index (χ1n) is 24.1. The van der Waals surface area contributed by atoms with E-state index >= 15 is 0 Å². The van der Waals surface area contributed by atoms with E-state index in [1.54, 1.807) is 12.1 Å². The molecule has 1 aliphatic rings. The number of benzene rings is 1. The molecule has 13 nitrogen and oxygen atoms in total. The summed E-state index contributed by atoms with van der Waals surface area (Å²) in [5, 5.41) is 40.2. The molecule has 2 rings (SSSR count). The van der Waals surface area contributed by atoms with Crippen LogP contribution >= 0.6 is 0 Å². The van der Waals surface area contributed by atoms with E-state index in [0.29, 0.717) is 19.4 Å². The molecule has 1 fully saturated rings. The van der Waals surface area contributed by atoms with Gasteiger partial charge in [0.2, 0.25) is 17.7 Å². The summed E-state index contributed by atoms with van der Waals surface area (Å²) in [4.78, 5) is 52.1. The number of aliphatic hydroxyl groups is 3. The van der Waals surface area contributed by atoms with E-state index in [1.165, 1.54) is 114 Å². The second-order valence-electron chi connectivity index (χ2n) is 17.0. The molecule has 6 N–H and O–H groups in total. The van der Waals surface area contributed by atoms with Gasteiger partial charge in [-0.3, -0.25) is 14.4 Å². The van der Waals surface area contributed by atoms with Crippen molar-refractivity contribution in [3.8, 4) is 0 Å². The first kappa shape index (κ1) is 53.9. The Bertz CT molecular complexity index is 1290. The third-order valence-corrected chi connectivity index (χ3v) is 11.6. The summed E-state index contributed by atoms with van der Waals surface area (Å²) < 4.78 is 11.2. The first-order chi connectivity index (χ1) is 29.7. The normalized spacial score (nSPS) is 18.7. The number of carbonyl (C=O) groups is 4. The number of rotatable bonds is 36. The zero-order valence-corrected chi connectivity index (χ0v) is 37.9. The largest absolute Gasteiger partial charge is 0.445 e. The van der Waals surface area contributed by atoms with Crippen LogP contribution in [0.5, 0.6) is 0 Å². The van der Waals surface area contributed by atoms with Crippen molar-refractivity contribution in [3.05, 3.63) is 35.9 Å². The number of carbonyl (C=O) groups excluding carboxylic acids is 4. The van der Waals surface area contributed by atoms with Gasteiger partial charge in [-0.15, -0.1) is 0 Å². The maximum atomic E-state index is 13.8. The Balaban J connectivity index is 1.81. The molecule has 0 bridgehead atoms. The summed E-state index contributed by atoms with van der Waals surface area (Å²) in [5.41, 5.74) is 0.794. The molecule has 1 aromatic carbocycles. The number of aliphatic hydroxyl groups excluding tert-OH is 3. The molecule has 0 unspecified atom stereocenters. The van der Waals surface area contributed by atoms with Gasteiger partial charge in [-0.2, -0.15) is 0 Å². The SMILES string of the molecule is CCCCCCCCCCCCCCCCCC(=O)N(CCCCCCCCCCCC)[C@@H]1O[C@H](CNC(=O)CNC(=O)CNC(=O)OCc2ccccc2)[C@H](O)[C@H](O)[C@H]1O. The Kier molecular flexibility index (Phi) is 31.1. The minimum Gasteiger partial charge on any atom is -0.445 e. The summed E-state index contributed by atoms with van der Waals surface area (Å²) >= 11 is 0. The maximum absolute atomic E-state index is 13.8. The molecule has 5 atom stereocenters. The molecule has 4 amide bonds. The van der Waals surface area contributed by atoms with Gasteiger partial charge in [-0.25, -0.2) is 4.79 Å². The highest BCUT2D eigenvalue weighted by Crippen LogP contribution is 2.26. The molecule has 1 heterocycles. The summed E-state index contributed by atoms with van der Waals surface area (Å²) in [6.07, 6.45) is 22.2. The Labute approximate surface area is 367 Å². The van der Waals surface area contributed by atoms with Gasteiger partial charge in [0.25, 0.3) is 0 Å². The molecule has 1 saturated heterocycles. The standard InChI is InChI=1S/C48H84N4O9/c1-3-5-7-9-11-13-15-16-17-18-19-20-22-24-29-33-43(55)52(34-30-25-23-21-14-12-10-8-6-4-2)47-46(58)45(57)44(56)40(61-47)35-49-41(53)36-50-42(54)37-51-48(59)60-38-39-31-27-26-28-32-39/h26-28,31-32,40,44-47,56-58H,3-25,29-30,33-38H2,1-2H3,(H,49,53)(H,50,54)(H,51,59)/t40-,44+,45+,46-,47-/m1/s1. The van der Waals surface area contributed by atoms with E-state index < -0.39 is 61.6 Å². The summed E-state index contributed by atoms with van der Waals surface area (Å²) in [5.74, 6) is -1.38. The Morgan fingerprint density at radius 1 is 0.574 bits per heavy atom. The molecule has 1 aromatic rings. The van der Waals surface area contributed by atoms with E-state index in [9.17, 15) is 34.5 Å². The van der Waals surface area contributed by atoms with E-state index in [1.807, 2.05) is 18.2 Å². The lowest BCUT2D eigenvalue weighted by atomic mass is 9.96. The first-order valence-corrected chi connectivity index (χ1v) is 24.1. The number of nitrogens with one attached hydrogen (secondary N) is 3. The zero-order chi connectivity index (χ0) is 44.3. The maximum Gasteiger partial charge on any atom is 0.407 e. The fourth-order valence-corrected chi connectivity index (χ4v) is 7.76. The lowest BCUT2D eigenvalue weighted by Gasteiger charge is -2.45. The predicted octanol–water partition coefficient (Wildman–Crippen LogP) is 7.96. The molecule has 13 heteroatoms. The van der Waals surface area contributed by atoms with Crippen LogP contribution in [0, 0.1) is 0 Å². The highest BCUT2D eigenvalue weighted by atomic mass is 16.6. The van der Waals surface area contributed by atoms with Crippen molar-refractivity contribution >= 4 is 23.8 Å². The number of ether oxygens (including phenoxy) is 2. The predicted molar refractivity (Wildman–Crippen MR) is 240 cm³/mol. The number of nitrogens with zero attached hydrogens (tertiary/aromatic N) is 1. The zero-order valence-electron chi connectivity index (χ0n) is 37.9. The smallest absolute Gasteiger partial charge is 0.407 e. The fourth-order valence-electron chi connectivity index (χ4n) is 7.76. The van der Waals surface area contributed by atoms with E-state index in [-0.39, 0.29) is 19.1 Å². The van der Waals surface area contributed by atoms with Gasteiger partial charge in [-0.05, 0) is 18.4 Å². The van der Waals surface area contributed by atoms with E-state index in [0.717, 1.165) is 50.5 Å². The third-order valence-electron chi connectivity index (χ3n) is 11.6. The van der Waals surface area contributed by atoms with Crippen molar-refractivity contribution in [2.75, 3.05) is 26.2 Å². The van der Waals surface area contributed by atoms with Gasteiger partial charge in [0.05, 0.1) is 6.54 Å². The quantitative estimate of drug-likeness (QED) is 0.0364. The van der Waals surface area contributed by atoms with Gasteiger partial charge < -0.3 is 45.6 Å². The summed E-state index contributed by atoms with van der Waals surface area (Å²) in [7, 11) is 0. The van der Waals surface area contributed by atoms with Gasteiger partial charge in [0.1, 0.15) is 37.6 Å². The molecule has 350 valence electrons. The summed E-state index contributed by atoms with van der Waals surface area (Å²) in [6, 6.07) is 9.08. The number of unbranched alkanes of at least 4 members (excludes halogenated alkanes) is 23. The highest BCUT2D eigenvalue weighted by Gasteiger charge is 2.46. The monoisotopic (exact) mass is 861 g/mol. The van der Waals surface area contributed by atoms with Gasteiger partial charge in [0.15, 0.2) is 6.23 Å². The second-order valence-corrected chi connectivity index (χ2v) is 17.0. The highest BCUT2D eigenvalue weighted by molar-refractivity contribution is 5.87. The molecular weight excluding hydrogens is 777 g/mol. The molecule has 61 heavy (non-hydrogen) atoms. The number of alkyl carbamates (subject to hydrolysis) is 1. The molecule has 0 aromatic heterocycles. The van der Waals surface area contributed by atoms with Crippen LogP contribution in [0.1, 0.15) is 186 Å². The van der Waals surface area contributed by atoms with Crippen molar-refractivity contribution in [1.82, 2.24) is 20.9 Å². The van der Waals surface area contributed by atoms with Crippen molar-refractivity contribution in [3.63, 3.8) is 0 Å². The lowest BCUT2D eigenvalue weighted by molar-refractivity contribution is -0.255. The molecule has 0 aliphatic carbocycles. The van der Waals surface area contributed by atoms with Crippen LogP contribution in [0.2, 0.25) is 0 Å². The van der Waals surface area contributed by atoms with Gasteiger partial charge in [-0.1, -0.05) is 192 Å². The van der Waals surface area contributed by atoms with Crippen molar-refractivity contribution in [2.45, 2.75) is 218 Å². The molecule has 0 saturated carbocycles. The Morgan fingerprint density at radius 3 is 1.56 bits per heavy atom. The topological polar surface area (TPSA) is 187 Å². The minimum absolute atomic E-state index is 0.0448. The number of hydrogen-bond donors (Lipinski definition) is 6. The summed E-state index contributed by atoms with van der Waals surface area (Å²) in [6.45, 7) is 3.80. The van der Waals surface area contributed by atoms with Crippen molar-refractivity contribution in [2.24, 2.45) is 0 Å². The molecule has 0 spiro atoms. The molecule has 1 aliphatic heterocycles. The van der Waals surface area contributed by atoms with Crippen LogP contribution in [0.25, 0.3) is 0 Å². The molecule has 0 radical (unpaired) electrons. The van der Waals surface area contributed by atoms with Crippen LogP contribution in [0.3, 0.4) is 0 Å². The minimum atomic E-state index is -1.61. The fraction of sp³-hybridized carbons (Fsp3) is 0.792. The van der Waals surface area contributed by atoms with Crippen molar-refractivity contribution in [1.29, 1.82) is 0 Å². The van der Waals surface area contributed by atoms with Crippen LogP contribution < -0.4 is 16.0 Å². The van der Waals surface area contributed by atoms with Crippen LogP contribution in [-0.4, -0.2) is 101 Å². The van der Waals surface area contributed by atoms with Gasteiger partial charge in [0, 0.05) is 19.5 Å². The van der Waals surface area contributed by atoms with Crippen LogP contribution in [-0.2, 0) is 30.5 Å². The third kappa shape index (κ3) is 25.4. The average Bonchev–Trinajstić information content (AvgIpc) is 3.26. The number of amides is 4. The Hall–Kier alpha value is -3.26. The average molecular weight is 861 g/mol. The van der Waals surface area contributed by atoms with Crippen LogP contribution in [0.4, 0.5) is 4.79 Å². The number of hydrogen-bond acceptors (Lipinski definition) is 9. The van der Waals surface area contributed by atoms with E-state index in [4.69, 9.17) is 9.47 Å². The van der Waals surface area contributed by atoms with Crippen LogP contribution in [0.15, 0.2) is 30.3 Å². The van der Waals surface area contributed by atoms with Gasteiger partial charge >= 0.3 is 6.09 Å². The molecular formula is C48H84N4O9. The van der Waals surface area contributed by atoms with E-state index in [2.05, 4.69) is 29.8 Å². The van der Waals surface area contributed by atoms with Crippen molar-refractivity contribution < 1.29 is 44.0 Å². The second kappa shape index (κ2) is 35.2. The Morgan fingerprint density at radius 2 is 1.03 bits per heavy atom. The lowest BCUT2D eigenvalue weighted by Crippen LogP contribution is -2.65.